The highest BCUT2D eigenvalue weighted by Crippen LogP contribution is 2.22. The van der Waals surface area contributed by atoms with Gasteiger partial charge in [0.15, 0.2) is 0 Å². The van der Waals surface area contributed by atoms with Gasteiger partial charge in [-0.2, -0.15) is 0 Å². The Bertz CT molecular complexity index is 1590. The zero-order chi connectivity index (χ0) is 118. The van der Waals surface area contributed by atoms with E-state index in [4.69, 9.17) is 94.7 Å². The van der Waals surface area contributed by atoms with Crippen LogP contribution in [0, 0.1) is 0 Å². The van der Waals surface area contributed by atoms with Crippen LogP contribution in [0.3, 0.4) is 0 Å². The maximum absolute atomic E-state index is 5.69. The second-order valence-corrected chi connectivity index (χ2v) is 34.8. The average molecular weight is 2150 g/mol. The molecule has 7 unspecified atom stereocenters. The van der Waals surface area contributed by atoms with Gasteiger partial charge in [-0.1, -0.05) is 130 Å². The minimum Gasteiger partial charge on any atom is -0.385 e. The predicted octanol–water partition coefficient (Wildman–Crippen LogP) is 38.8. The highest BCUT2D eigenvalue weighted by molar-refractivity contribution is 4.68. The van der Waals surface area contributed by atoms with Crippen LogP contribution >= 0.6 is 0 Å². The summed E-state index contributed by atoms with van der Waals surface area (Å²) in [6, 6.07) is 0. The minimum absolute atomic E-state index is 0. The zero-order valence-electron chi connectivity index (χ0n) is 109. The quantitative estimate of drug-likeness (QED) is 0.0522. The van der Waals surface area contributed by atoms with Gasteiger partial charge >= 0.3 is 0 Å². The highest BCUT2D eigenvalue weighted by atomic mass is 16.5. The topological polar surface area (TPSA) is 194 Å². The van der Waals surface area contributed by atoms with E-state index in [9.17, 15) is 0 Å². The fourth-order valence-electron chi connectivity index (χ4n) is 9.03. The first-order chi connectivity index (χ1) is 67.3. The summed E-state index contributed by atoms with van der Waals surface area (Å²) in [7, 11) is 8.57. The van der Waals surface area contributed by atoms with Gasteiger partial charge in [0.1, 0.15) is 0 Å². The first-order valence-electron chi connectivity index (χ1n) is 56.7. The van der Waals surface area contributed by atoms with Gasteiger partial charge in [-0.05, 0) is 389 Å². The lowest BCUT2D eigenvalue weighted by atomic mass is 9.98. The number of hydrogen-bond donors (Lipinski definition) is 0. The van der Waals surface area contributed by atoms with Crippen molar-refractivity contribution >= 4 is 0 Å². The Kier molecular flexibility index (Phi) is 316. The van der Waals surface area contributed by atoms with Crippen LogP contribution in [0.2, 0.25) is 0 Å². The Morgan fingerprint density at radius 2 is 0.388 bits per heavy atom. The molecule has 0 aliphatic heterocycles. The monoisotopic (exact) mass is 2150 g/mol. The first kappa shape index (κ1) is 216. The Morgan fingerprint density at radius 3 is 0.463 bits per heavy atom. The average Bonchev–Trinajstić information content (AvgIpc) is 1.91. The zero-order valence-corrected chi connectivity index (χ0v) is 109. The molecule has 2 saturated carbocycles. The summed E-state index contributed by atoms with van der Waals surface area (Å²) in [5.74, 6) is 0. The summed E-state index contributed by atoms with van der Waals surface area (Å²) in [4.78, 5) is 0. The summed E-state index contributed by atoms with van der Waals surface area (Å²) in [5, 5.41) is 0. The number of hydrogen-bond acceptors (Lipinski definition) is 21. The van der Waals surface area contributed by atoms with Crippen molar-refractivity contribution in [2.75, 3.05) is 161 Å². The van der Waals surface area contributed by atoms with E-state index in [1.807, 2.05) is 222 Å². The predicted molar refractivity (Wildman–Crippen MR) is 671 cm³/mol. The van der Waals surface area contributed by atoms with E-state index in [1.165, 1.54) is 96.3 Å². The first-order valence-corrected chi connectivity index (χ1v) is 56.7. The summed E-state index contributed by atoms with van der Waals surface area (Å²) in [6.45, 7) is 148. The molecule has 928 valence electrons. The molecule has 0 bridgehead atoms. The molecule has 2 rings (SSSR count). The molecule has 2 aliphatic carbocycles. The summed E-state index contributed by atoms with van der Waals surface area (Å²) in [6.07, 6.45) is 30.9. The maximum Gasteiger partial charge on any atom is 0.0598 e. The number of rotatable bonds is 45. The van der Waals surface area contributed by atoms with Crippen molar-refractivity contribution in [3.05, 3.63) is 52.6 Å². The van der Waals surface area contributed by atoms with Crippen molar-refractivity contribution in [2.45, 2.75) is 628 Å². The van der Waals surface area contributed by atoms with E-state index >= 15 is 0 Å². The SMILES string of the molecule is C.C.C.C.C=C.C=C.C=C.C=C.CC(C)OC1CCCC1.CC(C)OC1CCCCC1.CCC(C)OC.CCCC(C)OC.CCCC(C)OCC.CCCC(C)OCC.CCOC.CCOC(C)(C)C.CCOC(C)C.CCOC(C)C.CCOC(C)C.CCOC(C)C.CCOC(C)CC.CCOC(C)CC.CCOC(C)CC.CCOCC.CCOCC.CCOCC.CCOCC.COC(C)(C)C.COC(C)C. The molecule has 0 aromatic carbocycles. The molecule has 7 atom stereocenters. The van der Waals surface area contributed by atoms with Crippen LogP contribution in [0.4, 0.5) is 0 Å². The Labute approximate surface area is 935 Å². The van der Waals surface area contributed by atoms with Crippen LogP contribution in [-0.4, -0.2) is 270 Å². The minimum atomic E-state index is 0. The Balaban J connectivity index is -0.0000000411. The van der Waals surface area contributed by atoms with Gasteiger partial charge < -0.3 is 99.5 Å². The van der Waals surface area contributed by atoms with Crippen molar-refractivity contribution in [1.82, 2.24) is 0 Å². The highest BCUT2D eigenvalue weighted by Gasteiger charge is 2.17. The van der Waals surface area contributed by atoms with E-state index in [1.54, 1.807) is 35.5 Å². The molecule has 0 aromatic heterocycles. The lowest BCUT2D eigenvalue weighted by Gasteiger charge is -2.23. The molecule has 0 spiro atoms. The molecule has 2 fully saturated rings. The third-order valence-electron chi connectivity index (χ3n) is 16.8. The van der Waals surface area contributed by atoms with Crippen LogP contribution in [0.1, 0.15) is 519 Å². The molecular formula is C126H298O21. The van der Waals surface area contributed by atoms with E-state index in [0.29, 0.717) is 97.7 Å². The van der Waals surface area contributed by atoms with Gasteiger partial charge in [-0.15, -0.1) is 52.6 Å². The molecule has 2 aliphatic rings. The summed E-state index contributed by atoms with van der Waals surface area (Å²) < 4.78 is 106. The molecule has 21 heteroatoms. The van der Waals surface area contributed by atoms with Gasteiger partial charge in [0.2, 0.25) is 0 Å². The fourth-order valence-corrected chi connectivity index (χ4v) is 9.03. The van der Waals surface area contributed by atoms with Gasteiger partial charge in [0, 0.05) is 161 Å². The Hall–Kier alpha value is -1.88. The van der Waals surface area contributed by atoms with Crippen LogP contribution in [-0.2, 0) is 99.5 Å². The van der Waals surface area contributed by atoms with Crippen molar-refractivity contribution in [1.29, 1.82) is 0 Å². The third kappa shape index (κ3) is 384. The normalized spacial score (nSPS) is 12.1. The van der Waals surface area contributed by atoms with Gasteiger partial charge in [-0.3, -0.25) is 0 Å². The molecule has 0 N–H and O–H groups in total. The van der Waals surface area contributed by atoms with Crippen molar-refractivity contribution in [3.8, 4) is 0 Å². The van der Waals surface area contributed by atoms with Crippen LogP contribution < -0.4 is 0 Å². The van der Waals surface area contributed by atoms with E-state index in [2.05, 4.69) is 203 Å². The maximum atomic E-state index is 5.69. The van der Waals surface area contributed by atoms with E-state index in [0.717, 1.165) is 151 Å². The fraction of sp³-hybridized carbons (Fsp3) is 0.937. The lowest BCUT2D eigenvalue weighted by Crippen LogP contribution is -2.20. The van der Waals surface area contributed by atoms with Gasteiger partial charge in [-0.25, -0.2) is 0 Å². The standard InChI is InChI=1S/C9H18O.C8H16O.2C7H16O.5C6H14O.6C5H12O.5C4H10O.C3H8O.4C2H4.4CH4/c1-8(2)10-9-6-4-3-5-7-9;1-7(2)9-8-5-3-4-6-8;2*1-4-6-7(3)8-5-2;1-5-7-6(2,3)4;1-4-5-6(2)7-3;3*1-4-6(3)7-5-2;1-5(2,3)6-4;1-4-5(2)6-3;4*1-4-6-5(2)3;1-4(2)5-3;4*1-3-5-4-2;1-3-4-2;4*1-2;;;;/h8-9H,3-7H2,1-2H3;7-8H,3-6H2,1-2H3;2*7H,4-6H2,1-3H3;5H2,1-4H3;4*6H,4-5H2,1-3H3;1-4H3;5*5H,4H2,1-3H3;4H,1-3H3;4*3-4H2,1-2H3;3H2,1-2H3;4*1-2H2;4*1H4. The van der Waals surface area contributed by atoms with E-state index in [-0.39, 0.29) is 40.9 Å². The van der Waals surface area contributed by atoms with Gasteiger partial charge in [0.25, 0.3) is 0 Å². The largest absolute Gasteiger partial charge is 0.385 e. The molecular weight excluding hydrogens is 1850 g/mol. The van der Waals surface area contributed by atoms with Crippen molar-refractivity contribution in [2.24, 2.45) is 0 Å². The molecule has 0 saturated heterocycles. The van der Waals surface area contributed by atoms with Crippen LogP contribution in [0.5, 0.6) is 0 Å². The second-order valence-electron chi connectivity index (χ2n) is 34.8. The van der Waals surface area contributed by atoms with Crippen LogP contribution in [0.25, 0.3) is 0 Å². The van der Waals surface area contributed by atoms with Crippen LogP contribution in [0.15, 0.2) is 52.6 Å². The lowest BCUT2D eigenvalue weighted by molar-refractivity contribution is -0.0118. The smallest absolute Gasteiger partial charge is 0.0598 e. The molecule has 0 heterocycles. The van der Waals surface area contributed by atoms with Gasteiger partial charge in [0.05, 0.1) is 109 Å². The second kappa shape index (κ2) is 215. The van der Waals surface area contributed by atoms with Crippen molar-refractivity contribution < 1.29 is 99.5 Å². The van der Waals surface area contributed by atoms with E-state index < -0.39 is 0 Å². The molecule has 0 amide bonds. The number of methoxy groups -OCH3 is 5. The molecule has 21 nitrogen and oxygen atoms in total. The van der Waals surface area contributed by atoms with Crippen molar-refractivity contribution in [3.63, 3.8) is 0 Å². The summed E-state index contributed by atoms with van der Waals surface area (Å²) >= 11 is 0. The molecule has 0 aromatic rings. The Morgan fingerprint density at radius 1 is 0.211 bits per heavy atom. The molecule has 0 radical (unpaired) electrons. The summed E-state index contributed by atoms with van der Waals surface area (Å²) in [5.41, 5.74) is 0.0920. The molecule has 147 heavy (non-hydrogen) atoms. The number of ether oxygens (including phenoxy) is 21. The third-order valence-corrected chi connectivity index (χ3v) is 16.8.